The van der Waals surface area contributed by atoms with Gasteiger partial charge in [-0.2, -0.15) is 39.5 Å². The number of alkyl halides is 9. The van der Waals surface area contributed by atoms with E-state index in [0.717, 1.165) is 25.7 Å². The van der Waals surface area contributed by atoms with E-state index in [4.69, 9.17) is 0 Å². The lowest BCUT2D eigenvalue weighted by molar-refractivity contribution is -0.404. The van der Waals surface area contributed by atoms with Crippen LogP contribution in [0.2, 0.25) is 0 Å². The van der Waals surface area contributed by atoms with Crippen LogP contribution in [0.3, 0.4) is 0 Å². The Labute approximate surface area is 184 Å². The molecule has 0 atom stereocenters. The number of hydrogen-bond donors (Lipinski definition) is 0. The molecule has 0 aromatic rings. The van der Waals surface area contributed by atoms with Crippen molar-refractivity contribution >= 4 is 0 Å². The third-order valence-electron chi connectivity index (χ3n) is 7.73. The van der Waals surface area contributed by atoms with Crippen molar-refractivity contribution in [3.8, 4) is 0 Å². The van der Waals surface area contributed by atoms with E-state index in [-0.39, 0.29) is 24.7 Å². The van der Waals surface area contributed by atoms with Crippen LogP contribution in [0.25, 0.3) is 0 Å². The van der Waals surface area contributed by atoms with Crippen LogP contribution in [0.5, 0.6) is 0 Å². The van der Waals surface area contributed by atoms with Crippen LogP contribution >= 0.6 is 0 Å². The van der Waals surface area contributed by atoms with Crippen molar-refractivity contribution in [2.24, 2.45) is 23.7 Å². The van der Waals surface area contributed by atoms with Crippen LogP contribution in [0, 0.1) is 23.7 Å². The van der Waals surface area contributed by atoms with Gasteiger partial charge in [-0.15, -0.1) is 0 Å². The maximum atomic E-state index is 14.2. The van der Waals surface area contributed by atoms with Crippen molar-refractivity contribution < 1.29 is 39.5 Å². The largest absolute Gasteiger partial charge is 0.460 e. The molecule has 32 heavy (non-hydrogen) atoms. The Morgan fingerprint density at radius 1 is 0.562 bits per heavy atom. The summed E-state index contributed by atoms with van der Waals surface area (Å²) in [6, 6.07) is 0. The van der Waals surface area contributed by atoms with Crippen LogP contribution < -0.4 is 0 Å². The lowest BCUT2D eigenvalue weighted by Gasteiger charge is -2.42. The monoisotopic (exact) mass is 482 g/mol. The standard InChI is InChI=1S/C23H35F9/c1-2-3-4-5-6-7-16-8-10-17(11-9-16)18-12-14-19(15-13-18)20(24,25)21(26,27)22(28,29)23(30,31)32/h16-19H,2-15H2,1H3/t16-,17-,18-,19-. The molecule has 0 saturated heterocycles. The van der Waals surface area contributed by atoms with Gasteiger partial charge in [0.05, 0.1) is 0 Å². The smallest absolute Gasteiger partial charge is 0.199 e. The predicted molar refractivity (Wildman–Crippen MR) is 105 cm³/mol. The summed E-state index contributed by atoms with van der Waals surface area (Å²) in [5.41, 5.74) is 0. The van der Waals surface area contributed by atoms with Crippen LogP contribution in [-0.2, 0) is 0 Å². The summed E-state index contributed by atoms with van der Waals surface area (Å²) in [4.78, 5) is 0. The second-order valence-corrected chi connectivity index (χ2v) is 9.86. The molecule has 2 fully saturated rings. The quantitative estimate of drug-likeness (QED) is 0.215. The Kier molecular flexibility index (Phi) is 9.27. The van der Waals surface area contributed by atoms with Gasteiger partial charge in [-0.25, -0.2) is 0 Å². The highest BCUT2D eigenvalue weighted by Crippen LogP contribution is 2.58. The minimum absolute atomic E-state index is 0.0457. The molecule has 2 aliphatic rings. The molecule has 0 nitrogen and oxygen atoms in total. The summed E-state index contributed by atoms with van der Waals surface area (Å²) in [5.74, 6) is -19.9. The molecule has 0 N–H and O–H groups in total. The van der Waals surface area contributed by atoms with E-state index in [9.17, 15) is 39.5 Å². The molecule has 0 unspecified atom stereocenters. The van der Waals surface area contributed by atoms with E-state index in [1.165, 1.54) is 38.5 Å². The third-order valence-corrected chi connectivity index (χ3v) is 7.73. The van der Waals surface area contributed by atoms with Gasteiger partial charge in [0.15, 0.2) is 0 Å². The molecule has 0 aliphatic heterocycles. The molecule has 2 saturated carbocycles. The molecule has 0 amide bonds. The van der Waals surface area contributed by atoms with Gasteiger partial charge in [0.2, 0.25) is 0 Å². The first-order valence-electron chi connectivity index (χ1n) is 12.0. The van der Waals surface area contributed by atoms with Gasteiger partial charge in [-0.05, 0) is 56.3 Å². The normalized spacial score (nSPS) is 28.7. The van der Waals surface area contributed by atoms with E-state index in [2.05, 4.69) is 6.92 Å². The Balaban J connectivity index is 1.83. The van der Waals surface area contributed by atoms with E-state index in [1.807, 2.05) is 0 Å². The summed E-state index contributed by atoms with van der Waals surface area (Å²) < 4.78 is 119. The molecule has 2 rings (SSSR count). The molecule has 0 spiro atoms. The molecule has 2 aliphatic carbocycles. The molecule has 0 aromatic heterocycles. The SMILES string of the molecule is CCCCCCC[C@H]1CC[C@H]([C@H]2CC[C@H](C(F)(F)C(F)(F)C(F)(F)C(F)(F)F)CC2)CC1. The van der Waals surface area contributed by atoms with Crippen molar-refractivity contribution in [1.29, 1.82) is 0 Å². The topological polar surface area (TPSA) is 0 Å². The number of rotatable bonds is 10. The van der Waals surface area contributed by atoms with E-state index >= 15 is 0 Å². The molecular formula is C23H35F9. The summed E-state index contributed by atoms with van der Waals surface area (Å²) in [7, 11) is 0. The third kappa shape index (κ3) is 5.89. The van der Waals surface area contributed by atoms with Gasteiger partial charge in [-0.1, -0.05) is 58.3 Å². The number of halogens is 9. The van der Waals surface area contributed by atoms with E-state index in [0.29, 0.717) is 5.92 Å². The van der Waals surface area contributed by atoms with Gasteiger partial charge in [-0.3, -0.25) is 0 Å². The van der Waals surface area contributed by atoms with E-state index < -0.39 is 42.7 Å². The molecular weight excluding hydrogens is 447 g/mol. The molecule has 9 heteroatoms. The second-order valence-electron chi connectivity index (χ2n) is 9.86. The van der Waals surface area contributed by atoms with Crippen molar-refractivity contribution in [2.45, 2.75) is 121 Å². The Morgan fingerprint density at radius 3 is 1.50 bits per heavy atom. The number of unbranched alkanes of at least 4 members (excludes halogenated alkanes) is 4. The maximum absolute atomic E-state index is 14.2. The number of hydrogen-bond acceptors (Lipinski definition) is 0. The van der Waals surface area contributed by atoms with Gasteiger partial charge in [0.25, 0.3) is 0 Å². The van der Waals surface area contributed by atoms with Crippen LogP contribution in [0.4, 0.5) is 39.5 Å². The molecule has 190 valence electrons. The average Bonchev–Trinajstić information content (AvgIpc) is 2.73. The Bertz CT molecular complexity index is 554. The van der Waals surface area contributed by atoms with E-state index in [1.54, 1.807) is 0 Å². The molecule has 0 aromatic carbocycles. The minimum Gasteiger partial charge on any atom is -0.199 e. The fourth-order valence-electron chi connectivity index (χ4n) is 5.58. The second kappa shape index (κ2) is 10.7. The van der Waals surface area contributed by atoms with Crippen LogP contribution in [0.15, 0.2) is 0 Å². The van der Waals surface area contributed by atoms with Crippen LogP contribution in [0.1, 0.15) is 96.8 Å². The Hall–Kier alpha value is -0.630. The van der Waals surface area contributed by atoms with Crippen molar-refractivity contribution in [1.82, 2.24) is 0 Å². The summed E-state index contributed by atoms with van der Waals surface area (Å²) in [6.45, 7) is 2.17. The first-order valence-corrected chi connectivity index (χ1v) is 12.0. The fraction of sp³-hybridized carbons (Fsp3) is 1.00. The molecule has 0 radical (unpaired) electrons. The first-order chi connectivity index (χ1) is 14.8. The zero-order chi connectivity index (χ0) is 24.2. The van der Waals surface area contributed by atoms with Crippen molar-refractivity contribution in [3.05, 3.63) is 0 Å². The van der Waals surface area contributed by atoms with Gasteiger partial charge >= 0.3 is 23.9 Å². The summed E-state index contributed by atoms with van der Waals surface area (Å²) >= 11 is 0. The summed E-state index contributed by atoms with van der Waals surface area (Å²) in [6.07, 6.45) is 3.93. The highest BCUT2D eigenvalue weighted by atomic mass is 19.4. The van der Waals surface area contributed by atoms with Gasteiger partial charge < -0.3 is 0 Å². The molecule has 0 heterocycles. The molecule has 0 bridgehead atoms. The average molecular weight is 483 g/mol. The first kappa shape index (κ1) is 27.6. The zero-order valence-electron chi connectivity index (χ0n) is 18.6. The van der Waals surface area contributed by atoms with Crippen molar-refractivity contribution in [2.75, 3.05) is 0 Å². The van der Waals surface area contributed by atoms with Crippen LogP contribution in [-0.4, -0.2) is 23.9 Å². The fourth-order valence-corrected chi connectivity index (χ4v) is 5.58. The van der Waals surface area contributed by atoms with Gasteiger partial charge in [0.1, 0.15) is 0 Å². The highest BCUT2D eigenvalue weighted by Gasteiger charge is 2.82. The maximum Gasteiger partial charge on any atom is 0.460 e. The lowest BCUT2D eigenvalue weighted by Crippen LogP contribution is -2.63. The lowest BCUT2D eigenvalue weighted by atomic mass is 9.67. The van der Waals surface area contributed by atoms with Gasteiger partial charge in [0, 0.05) is 5.92 Å². The highest BCUT2D eigenvalue weighted by molar-refractivity contribution is 5.03. The summed E-state index contributed by atoms with van der Waals surface area (Å²) in [5, 5.41) is 0. The zero-order valence-corrected chi connectivity index (χ0v) is 18.6. The predicted octanol–water partition coefficient (Wildman–Crippen LogP) is 9.43. The van der Waals surface area contributed by atoms with Crippen molar-refractivity contribution in [3.63, 3.8) is 0 Å². The minimum atomic E-state index is -6.78. The Morgan fingerprint density at radius 2 is 1.03 bits per heavy atom.